The van der Waals surface area contributed by atoms with E-state index in [1.54, 1.807) is 0 Å². The van der Waals surface area contributed by atoms with Gasteiger partial charge in [0.15, 0.2) is 5.79 Å². The SMILES string of the molecule is CC1C2CC(C1C)C(C1(C)OCCCO1)C2. The summed E-state index contributed by atoms with van der Waals surface area (Å²) in [6, 6.07) is 0. The summed E-state index contributed by atoms with van der Waals surface area (Å²) in [6.07, 6.45) is 3.80. The minimum atomic E-state index is -0.272. The predicted molar refractivity (Wildman–Crippen MR) is 63.0 cm³/mol. The lowest BCUT2D eigenvalue weighted by molar-refractivity contribution is -0.293. The number of rotatable bonds is 1. The zero-order chi connectivity index (χ0) is 11.3. The minimum absolute atomic E-state index is 0.272. The van der Waals surface area contributed by atoms with Crippen molar-refractivity contribution >= 4 is 0 Å². The van der Waals surface area contributed by atoms with Crippen molar-refractivity contribution in [3.05, 3.63) is 0 Å². The Hall–Kier alpha value is -0.0800. The molecule has 1 aliphatic heterocycles. The van der Waals surface area contributed by atoms with Crippen LogP contribution in [0.2, 0.25) is 0 Å². The summed E-state index contributed by atoms with van der Waals surface area (Å²) in [5, 5.41) is 0. The Balaban J connectivity index is 1.77. The summed E-state index contributed by atoms with van der Waals surface area (Å²) >= 11 is 0. The summed E-state index contributed by atoms with van der Waals surface area (Å²) < 4.78 is 11.9. The minimum Gasteiger partial charge on any atom is -0.350 e. The van der Waals surface area contributed by atoms with Gasteiger partial charge >= 0.3 is 0 Å². The molecule has 3 aliphatic rings. The molecule has 0 aromatic rings. The number of ether oxygens (including phenoxy) is 2. The molecule has 3 rings (SSSR count). The molecule has 0 spiro atoms. The van der Waals surface area contributed by atoms with E-state index in [0.29, 0.717) is 5.92 Å². The van der Waals surface area contributed by atoms with E-state index in [9.17, 15) is 0 Å². The first kappa shape index (κ1) is 11.0. The molecule has 16 heavy (non-hydrogen) atoms. The van der Waals surface area contributed by atoms with Crippen LogP contribution in [0.25, 0.3) is 0 Å². The summed E-state index contributed by atoms with van der Waals surface area (Å²) in [4.78, 5) is 0. The van der Waals surface area contributed by atoms with E-state index in [4.69, 9.17) is 9.47 Å². The molecule has 2 nitrogen and oxygen atoms in total. The van der Waals surface area contributed by atoms with Gasteiger partial charge in [-0.3, -0.25) is 0 Å². The summed E-state index contributed by atoms with van der Waals surface area (Å²) in [6.45, 7) is 8.79. The van der Waals surface area contributed by atoms with Crippen LogP contribution < -0.4 is 0 Å². The lowest BCUT2D eigenvalue weighted by Crippen LogP contribution is -2.48. The second kappa shape index (κ2) is 3.71. The van der Waals surface area contributed by atoms with Crippen molar-refractivity contribution < 1.29 is 9.47 Å². The van der Waals surface area contributed by atoms with Crippen molar-refractivity contribution in [2.24, 2.45) is 29.6 Å². The highest BCUT2D eigenvalue weighted by molar-refractivity contribution is 5.01. The van der Waals surface area contributed by atoms with Crippen LogP contribution in [0, 0.1) is 29.6 Å². The Morgan fingerprint density at radius 2 is 1.69 bits per heavy atom. The third kappa shape index (κ3) is 1.46. The van der Waals surface area contributed by atoms with Crippen LogP contribution in [-0.4, -0.2) is 19.0 Å². The molecule has 0 radical (unpaired) electrons. The van der Waals surface area contributed by atoms with Crippen LogP contribution in [-0.2, 0) is 9.47 Å². The quantitative estimate of drug-likeness (QED) is 0.681. The summed E-state index contributed by atoms with van der Waals surface area (Å²) in [5.41, 5.74) is 0. The first-order chi connectivity index (χ1) is 7.62. The molecule has 0 amide bonds. The van der Waals surface area contributed by atoms with Crippen LogP contribution in [0.3, 0.4) is 0 Å². The molecular weight excluding hydrogens is 200 g/mol. The third-order valence-corrected chi connectivity index (χ3v) is 5.64. The average Bonchev–Trinajstić information content (AvgIpc) is 2.82. The highest BCUT2D eigenvalue weighted by Crippen LogP contribution is 2.58. The van der Waals surface area contributed by atoms with Gasteiger partial charge in [0.2, 0.25) is 0 Å². The van der Waals surface area contributed by atoms with Gasteiger partial charge in [0.1, 0.15) is 0 Å². The van der Waals surface area contributed by atoms with Crippen LogP contribution in [0.15, 0.2) is 0 Å². The predicted octanol–water partition coefficient (Wildman–Crippen LogP) is 3.07. The van der Waals surface area contributed by atoms with Crippen LogP contribution in [0.5, 0.6) is 0 Å². The monoisotopic (exact) mass is 224 g/mol. The van der Waals surface area contributed by atoms with Gasteiger partial charge in [-0.1, -0.05) is 13.8 Å². The maximum Gasteiger partial charge on any atom is 0.168 e. The fraction of sp³-hybridized carbons (Fsp3) is 1.00. The van der Waals surface area contributed by atoms with E-state index in [2.05, 4.69) is 20.8 Å². The lowest BCUT2D eigenvalue weighted by Gasteiger charge is -2.44. The van der Waals surface area contributed by atoms with Crippen molar-refractivity contribution in [2.45, 2.75) is 45.8 Å². The molecule has 2 aliphatic carbocycles. The first-order valence-corrected chi connectivity index (χ1v) is 6.90. The highest BCUT2D eigenvalue weighted by atomic mass is 16.7. The normalized spacial score (nSPS) is 50.8. The second-order valence-electron chi connectivity index (χ2n) is 6.29. The summed E-state index contributed by atoms with van der Waals surface area (Å²) in [5.74, 6) is 3.90. The van der Waals surface area contributed by atoms with Gasteiger partial charge in [-0.25, -0.2) is 0 Å². The Morgan fingerprint density at radius 1 is 1.00 bits per heavy atom. The third-order valence-electron chi connectivity index (χ3n) is 5.64. The zero-order valence-electron chi connectivity index (χ0n) is 10.7. The molecule has 2 heteroatoms. The largest absolute Gasteiger partial charge is 0.350 e. The fourth-order valence-corrected chi connectivity index (χ4v) is 4.41. The van der Waals surface area contributed by atoms with Gasteiger partial charge in [0.05, 0.1) is 13.2 Å². The van der Waals surface area contributed by atoms with Gasteiger partial charge in [0, 0.05) is 5.92 Å². The molecule has 0 N–H and O–H groups in total. The molecule has 1 saturated heterocycles. The van der Waals surface area contributed by atoms with E-state index in [0.717, 1.165) is 43.3 Å². The lowest BCUT2D eigenvalue weighted by atomic mass is 9.72. The second-order valence-corrected chi connectivity index (χ2v) is 6.29. The highest BCUT2D eigenvalue weighted by Gasteiger charge is 2.55. The van der Waals surface area contributed by atoms with Crippen molar-refractivity contribution in [2.75, 3.05) is 13.2 Å². The molecule has 1 heterocycles. The molecular formula is C14H24O2. The van der Waals surface area contributed by atoms with Gasteiger partial charge in [-0.05, 0) is 49.9 Å². The topological polar surface area (TPSA) is 18.5 Å². The zero-order valence-corrected chi connectivity index (χ0v) is 10.7. The van der Waals surface area contributed by atoms with Crippen LogP contribution in [0.4, 0.5) is 0 Å². The van der Waals surface area contributed by atoms with E-state index in [1.807, 2.05) is 0 Å². The van der Waals surface area contributed by atoms with E-state index in [1.165, 1.54) is 12.8 Å². The van der Waals surface area contributed by atoms with Crippen molar-refractivity contribution in [3.8, 4) is 0 Å². The fourth-order valence-electron chi connectivity index (χ4n) is 4.41. The Morgan fingerprint density at radius 3 is 2.25 bits per heavy atom. The average molecular weight is 224 g/mol. The maximum absolute atomic E-state index is 5.96. The molecule has 92 valence electrons. The standard InChI is InChI=1S/C14H24O2/c1-9-10(2)12-7-11(9)8-13(12)14(3)15-5-4-6-16-14/h9-13H,4-8H2,1-3H3. The van der Waals surface area contributed by atoms with Gasteiger partial charge in [-0.15, -0.1) is 0 Å². The smallest absolute Gasteiger partial charge is 0.168 e. The molecule has 3 fully saturated rings. The van der Waals surface area contributed by atoms with Crippen LogP contribution in [0.1, 0.15) is 40.0 Å². The molecule has 2 saturated carbocycles. The molecule has 5 unspecified atom stereocenters. The number of hydrogen-bond acceptors (Lipinski definition) is 2. The molecule has 0 aromatic heterocycles. The van der Waals surface area contributed by atoms with Crippen molar-refractivity contribution in [3.63, 3.8) is 0 Å². The number of fused-ring (bicyclic) bond motifs is 2. The Kier molecular flexibility index (Phi) is 2.56. The molecule has 5 atom stereocenters. The van der Waals surface area contributed by atoms with E-state index >= 15 is 0 Å². The van der Waals surface area contributed by atoms with Crippen molar-refractivity contribution in [1.82, 2.24) is 0 Å². The number of hydrogen-bond donors (Lipinski definition) is 0. The summed E-state index contributed by atoms with van der Waals surface area (Å²) in [7, 11) is 0. The van der Waals surface area contributed by atoms with Crippen LogP contribution >= 0.6 is 0 Å². The Labute approximate surface area is 98.7 Å². The van der Waals surface area contributed by atoms with E-state index < -0.39 is 0 Å². The molecule has 2 bridgehead atoms. The first-order valence-electron chi connectivity index (χ1n) is 6.90. The van der Waals surface area contributed by atoms with Gasteiger partial charge in [0.25, 0.3) is 0 Å². The van der Waals surface area contributed by atoms with Crippen molar-refractivity contribution in [1.29, 1.82) is 0 Å². The maximum atomic E-state index is 5.96. The Bertz CT molecular complexity index is 268. The van der Waals surface area contributed by atoms with E-state index in [-0.39, 0.29) is 5.79 Å². The molecule has 0 aromatic carbocycles. The van der Waals surface area contributed by atoms with Gasteiger partial charge < -0.3 is 9.47 Å². The van der Waals surface area contributed by atoms with Gasteiger partial charge in [-0.2, -0.15) is 0 Å².